The van der Waals surface area contributed by atoms with Crippen LogP contribution in [0.4, 0.5) is 5.69 Å². The summed E-state index contributed by atoms with van der Waals surface area (Å²) in [5.41, 5.74) is 6.47. The van der Waals surface area contributed by atoms with Crippen LogP contribution in [-0.2, 0) is 0 Å². The summed E-state index contributed by atoms with van der Waals surface area (Å²) in [6.07, 6.45) is 8.19. The highest BCUT2D eigenvalue weighted by Gasteiger charge is 2.15. The minimum Gasteiger partial charge on any atom is -0.354 e. The Kier molecular flexibility index (Phi) is 6.23. The molecule has 0 saturated carbocycles. The highest BCUT2D eigenvalue weighted by Crippen LogP contribution is 2.30. The molecule has 2 nitrogen and oxygen atoms in total. The largest absolute Gasteiger partial charge is 0.354 e. The fourth-order valence-electron chi connectivity index (χ4n) is 2.90. The number of allylic oxidation sites excluding steroid dienone is 2. The van der Waals surface area contributed by atoms with Crippen molar-refractivity contribution in [3.8, 4) is 0 Å². The smallest absolute Gasteiger partial charge is 0.0579 e. The fraction of sp³-hybridized carbons (Fsp3) is 0.550. The van der Waals surface area contributed by atoms with Crippen LogP contribution in [-0.4, -0.2) is 12.3 Å². The molecule has 2 heteroatoms. The molecule has 0 radical (unpaired) electrons. The molecule has 0 atom stereocenters. The average molecular weight is 298 g/mol. The molecule has 2 rings (SSSR count). The van der Waals surface area contributed by atoms with Gasteiger partial charge in [-0.1, -0.05) is 51.5 Å². The Morgan fingerprint density at radius 2 is 2.09 bits per heavy atom. The number of hydrogen-bond donors (Lipinski definition) is 1. The number of para-hydroxylation sites is 1. The molecular weight excluding hydrogens is 268 g/mol. The van der Waals surface area contributed by atoms with Gasteiger partial charge >= 0.3 is 0 Å². The average Bonchev–Trinajstić information content (AvgIpc) is 2.51. The second kappa shape index (κ2) is 8.17. The lowest BCUT2D eigenvalue weighted by Gasteiger charge is -2.22. The van der Waals surface area contributed by atoms with Gasteiger partial charge in [0.05, 0.1) is 11.4 Å². The Labute approximate surface area is 135 Å². The third-order valence-corrected chi connectivity index (χ3v) is 4.28. The predicted octanol–water partition coefficient (Wildman–Crippen LogP) is 5.84. The molecule has 0 fully saturated rings. The predicted molar refractivity (Wildman–Crippen MR) is 98.0 cm³/mol. The number of nitrogens with zero attached hydrogens (tertiary/aromatic N) is 1. The fourth-order valence-corrected chi connectivity index (χ4v) is 2.90. The second-order valence-electron chi connectivity index (χ2n) is 6.51. The Hall–Kier alpha value is -1.57. The van der Waals surface area contributed by atoms with Gasteiger partial charge in [0.2, 0.25) is 0 Å². The summed E-state index contributed by atoms with van der Waals surface area (Å²) in [6, 6.07) is 6.57. The van der Waals surface area contributed by atoms with Crippen LogP contribution in [0, 0.1) is 6.92 Å². The van der Waals surface area contributed by atoms with Crippen molar-refractivity contribution in [2.75, 3.05) is 11.9 Å². The summed E-state index contributed by atoms with van der Waals surface area (Å²) in [6.45, 7) is 9.87. The van der Waals surface area contributed by atoms with E-state index in [1.165, 1.54) is 47.5 Å². The van der Waals surface area contributed by atoms with E-state index in [4.69, 9.17) is 4.99 Å². The van der Waals surface area contributed by atoms with Gasteiger partial charge in [0.1, 0.15) is 0 Å². The maximum Gasteiger partial charge on any atom is 0.0579 e. The topological polar surface area (TPSA) is 24.4 Å². The van der Waals surface area contributed by atoms with E-state index in [0.717, 1.165) is 19.4 Å². The van der Waals surface area contributed by atoms with Gasteiger partial charge in [-0.15, -0.1) is 0 Å². The number of nitrogens with one attached hydrogen (secondary N) is 1. The van der Waals surface area contributed by atoms with E-state index < -0.39 is 0 Å². The van der Waals surface area contributed by atoms with Crippen molar-refractivity contribution in [1.29, 1.82) is 0 Å². The zero-order chi connectivity index (χ0) is 15.9. The summed E-state index contributed by atoms with van der Waals surface area (Å²) in [7, 11) is 0. The lowest BCUT2D eigenvalue weighted by Crippen LogP contribution is -2.17. The normalized spacial score (nSPS) is 17.0. The minimum atomic E-state index is 0.520. The van der Waals surface area contributed by atoms with Gasteiger partial charge in [0, 0.05) is 12.2 Å². The molecule has 120 valence electrons. The maximum absolute atomic E-state index is 4.84. The number of unbranched alkanes of at least 4 members (excludes halogenated alkanes) is 1. The van der Waals surface area contributed by atoms with Crippen molar-refractivity contribution in [3.05, 3.63) is 41.1 Å². The monoisotopic (exact) mass is 298 g/mol. The number of aryl methyl sites for hydroxylation is 1. The van der Waals surface area contributed by atoms with E-state index in [0.29, 0.717) is 5.92 Å². The van der Waals surface area contributed by atoms with E-state index in [9.17, 15) is 0 Å². The highest BCUT2D eigenvalue weighted by atomic mass is 14.9. The highest BCUT2D eigenvalue weighted by molar-refractivity contribution is 6.03. The third kappa shape index (κ3) is 4.22. The number of aliphatic imine (C=N–C) groups is 1. The molecule has 0 bridgehead atoms. The SMILES string of the molecule is CCCCN=C1CCCC=C1Nc1c(C)cccc1C(C)C. The van der Waals surface area contributed by atoms with Gasteiger partial charge in [0.25, 0.3) is 0 Å². The zero-order valence-electron chi connectivity index (χ0n) is 14.6. The van der Waals surface area contributed by atoms with Crippen LogP contribution >= 0.6 is 0 Å². The molecule has 0 amide bonds. The van der Waals surface area contributed by atoms with Gasteiger partial charge in [0.15, 0.2) is 0 Å². The molecule has 0 saturated heterocycles. The molecule has 1 aromatic carbocycles. The van der Waals surface area contributed by atoms with Crippen molar-refractivity contribution in [3.63, 3.8) is 0 Å². The van der Waals surface area contributed by atoms with Crippen molar-refractivity contribution in [1.82, 2.24) is 0 Å². The van der Waals surface area contributed by atoms with Crippen molar-refractivity contribution in [2.45, 2.75) is 65.7 Å². The van der Waals surface area contributed by atoms with Gasteiger partial charge < -0.3 is 5.32 Å². The molecule has 1 aliphatic carbocycles. The zero-order valence-corrected chi connectivity index (χ0v) is 14.6. The molecule has 0 spiro atoms. The lowest BCUT2D eigenvalue weighted by molar-refractivity contribution is 0.795. The van der Waals surface area contributed by atoms with Crippen LogP contribution in [0.2, 0.25) is 0 Å². The van der Waals surface area contributed by atoms with Crippen molar-refractivity contribution in [2.24, 2.45) is 4.99 Å². The van der Waals surface area contributed by atoms with Crippen LogP contribution in [0.1, 0.15) is 69.9 Å². The number of rotatable bonds is 6. The number of anilines is 1. The summed E-state index contributed by atoms with van der Waals surface area (Å²) in [5, 5.41) is 3.71. The first-order valence-electron chi connectivity index (χ1n) is 8.73. The molecule has 0 aliphatic heterocycles. The standard InChI is InChI=1S/C20H30N2/c1-5-6-14-21-18-12-7-8-13-19(18)22-20-16(4)10-9-11-17(20)15(2)3/h9-11,13,15,22H,5-8,12,14H2,1-4H3. The van der Waals surface area contributed by atoms with Gasteiger partial charge in [-0.3, -0.25) is 4.99 Å². The molecular formula is C20H30N2. The van der Waals surface area contributed by atoms with Crippen LogP contribution < -0.4 is 5.32 Å². The Bertz CT molecular complexity index is 553. The molecule has 1 N–H and O–H groups in total. The number of hydrogen-bond acceptors (Lipinski definition) is 2. The van der Waals surface area contributed by atoms with E-state index in [1.807, 2.05) is 0 Å². The Balaban J connectivity index is 2.25. The molecule has 22 heavy (non-hydrogen) atoms. The van der Waals surface area contributed by atoms with Crippen LogP contribution in [0.3, 0.4) is 0 Å². The summed E-state index contributed by atoms with van der Waals surface area (Å²) < 4.78 is 0. The quantitative estimate of drug-likeness (QED) is 0.655. The van der Waals surface area contributed by atoms with E-state index >= 15 is 0 Å². The van der Waals surface area contributed by atoms with Gasteiger partial charge in [-0.2, -0.15) is 0 Å². The van der Waals surface area contributed by atoms with Crippen molar-refractivity contribution < 1.29 is 0 Å². The molecule has 1 aromatic rings. The third-order valence-electron chi connectivity index (χ3n) is 4.28. The molecule has 0 unspecified atom stereocenters. The first-order chi connectivity index (χ1) is 10.6. The van der Waals surface area contributed by atoms with E-state index in [1.54, 1.807) is 0 Å². The van der Waals surface area contributed by atoms with E-state index in [-0.39, 0.29) is 0 Å². The molecule has 1 aliphatic rings. The Morgan fingerprint density at radius 3 is 2.82 bits per heavy atom. The van der Waals surface area contributed by atoms with Crippen LogP contribution in [0.15, 0.2) is 35.0 Å². The molecule has 0 aromatic heterocycles. The minimum absolute atomic E-state index is 0.520. The van der Waals surface area contributed by atoms with Crippen molar-refractivity contribution >= 4 is 11.4 Å². The van der Waals surface area contributed by atoms with Crippen LogP contribution in [0.5, 0.6) is 0 Å². The summed E-state index contributed by atoms with van der Waals surface area (Å²) in [4.78, 5) is 4.84. The summed E-state index contributed by atoms with van der Waals surface area (Å²) in [5.74, 6) is 0.520. The van der Waals surface area contributed by atoms with Gasteiger partial charge in [-0.05, 0) is 49.7 Å². The molecule has 0 heterocycles. The van der Waals surface area contributed by atoms with Crippen LogP contribution in [0.25, 0.3) is 0 Å². The maximum atomic E-state index is 4.84. The number of benzene rings is 1. The summed E-state index contributed by atoms with van der Waals surface area (Å²) >= 11 is 0. The lowest BCUT2D eigenvalue weighted by atomic mass is 9.96. The first kappa shape index (κ1) is 16.8. The van der Waals surface area contributed by atoms with E-state index in [2.05, 4.69) is 57.3 Å². The van der Waals surface area contributed by atoms with Gasteiger partial charge in [-0.25, -0.2) is 0 Å². The Morgan fingerprint density at radius 1 is 1.27 bits per heavy atom. The first-order valence-corrected chi connectivity index (χ1v) is 8.73. The second-order valence-corrected chi connectivity index (χ2v) is 6.51.